The van der Waals surface area contributed by atoms with Crippen LogP contribution in [-0.4, -0.2) is 13.2 Å². The quantitative estimate of drug-likeness (QED) is 0.556. The largest absolute Gasteiger partial charge is 0.378 e. The molecule has 1 heteroatoms. The van der Waals surface area contributed by atoms with Gasteiger partial charge in [0.2, 0.25) is 0 Å². The third-order valence-corrected chi connectivity index (χ3v) is 2.34. The van der Waals surface area contributed by atoms with Crippen LogP contribution < -0.4 is 0 Å². The molecule has 11 heavy (non-hydrogen) atoms. The molecule has 0 radical (unpaired) electrons. The first kappa shape index (κ1) is 8.79. The van der Waals surface area contributed by atoms with Gasteiger partial charge in [0.05, 0.1) is 6.10 Å². The average Bonchev–Trinajstić information content (AvgIpc) is 2.06. The molecule has 1 nitrogen and oxygen atoms in total. The van der Waals surface area contributed by atoms with E-state index in [9.17, 15) is 0 Å². The zero-order valence-electron chi connectivity index (χ0n) is 7.60. The number of rotatable bonds is 2. The number of methoxy groups -OCH3 is 1. The molecule has 64 valence electrons. The first-order valence-corrected chi connectivity index (χ1v) is 4.55. The smallest absolute Gasteiger partial charge is 0.0726 e. The molecule has 1 aliphatic carbocycles. The van der Waals surface area contributed by atoms with Crippen molar-refractivity contribution < 1.29 is 4.74 Å². The molecule has 1 fully saturated rings. The minimum Gasteiger partial charge on any atom is -0.378 e. The Morgan fingerprint density at radius 3 is 2.45 bits per heavy atom. The predicted octanol–water partition coefficient (Wildman–Crippen LogP) is 2.91. The van der Waals surface area contributed by atoms with E-state index >= 15 is 0 Å². The van der Waals surface area contributed by atoms with Gasteiger partial charge in [0, 0.05) is 7.11 Å². The molecule has 0 amide bonds. The minimum atomic E-state index is 0.308. The summed E-state index contributed by atoms with van der Waals surface area (Å²) >= 11 is 0. The number of ether oxygens (including phenoxy) is 1. The van der Waals surface area contributed by atoms with E-state index in [1.54, 1.807) is 12.7 Å². The van der Waals surface area contributed by atoms with Crippen LogP contribution in [-0.2, 0) is 4.74 Å². The highest BCUT2D eigenvalue weighted by molar-refractivity contribution is 5.06. The molecular weight excluding hydrogens is 136 g/mol. The summed E-state index contributed by atoms with van der Waals surface area (Å²) < 4.78 is 5.18. The molecule has 1 saturated carbocycles. The first-order chi connectivity index (χ1) is 5.33. The summed E-state index contributed by atoms with van der Waals surface area (Å²) in [5, 5.41) is 0. The van der Waals surface area contributed by atoms with Crippen molar-refractivity contribution in [3.63, 3.8) is 0 Å². The zero-order valence-corrected chi connectivity index (χ0v) is 7.60. The second-order valence-corrected chi connectivity index (χ2v) is 3.33. The van der Waals surface area contributed by atoms with Crippen molar-refractivity contribution in [2.24, 2.45) is 0 Å². The third kappa shape index (κ3) is 3.06. The van der Waals surface area contributed by atoms with E-state index in [4.69, 9.17) is 4.74 Å². The monoisotopic (exact) mass is 154 g/mol. The number of hydrogen-bond acceptors (Lipinski definition) is 1. The summed E-state index contributed by atoms with van der Waals surface area (Å²) in [4.78, 5) is 0. The molecule has 0 bridgehead atoms. The summed E-state index contributed by atoms with van der Waals surface area (Å²) in [6, 6.07) is 0. The highest BCUT2D eigenvalue weighted by Crippen LogP contribution is 2.23. The fourth-order valence-electron chi connectivity index (χ4n) is 1.57. The van der Waals surface area contributed by atoms with Gasteiger partial charge >= 0.3 is 0 Å². The molecule has 0 N–H and O–H groups in total. The van der Waals surface area contributed by atoms with Gasteiger partial charge in [0.25, 0.3) is 0 Å². The molecule has 1 unspecified atom stereocenters. The maximum Gasteiger partial charge on any atom is 0.0726 e. The molecule has 0 aromatic heterocycles. The van der Waals surface area contributed by atoms with E-state index in [0.29, 0.717) is 6.10 Å². The van der Waals surface area contributed by atoms with Crippen molar-refractivity contribution in [2.45, 2.75) is 45.1 Å². The van der Waals surface area contributed by atoms with Crippen molar-refractivity contribution in [3.8, 4) is 0 Å². The average molecular weight is 154 g/mol. The van der Waals surface area contributed by atoms with Crippen molar-refractivity contribution in [1.82, 2.24) is 0 Å². The Kier molecular flexibility index (Phi) is 3.64. The van der Waals surface area contributed by atoms with Crippen LogP contribution in [0, 0.1) is 0 Å². The van der Waals surface area contributed by atoms with Crippen LogP contribution in [0.15, 0.2) is 11.6 Å². The second kappa shape index (κ2) is 4.55. The van der Waals surface area contributed by atoms with E-state index in [1.165, 1.54) is 32.1 Å². The molecule has 1 atom stereocenters. The topological polar surface area (TPSA) is 9.23 Å². The Hall–Kier alpha value is -0.300. The summed E-state index contributed by atoms with van der Waals surface area (Å²) in [6.45, 7) is 2.10. The van der Waals surface area contributed by atoms with E-state index in [-0.39, 0.29) is 0 Å². The molecule has 0 saturated heterocycles. The van der Waals surface area contributed by atoms with Gasteiger partial charge in [-0.1, -0.05) is 18.1 Å². The lowest BCUT2D eigenvalue weighted by Crippen LogP contribution is -2.03. The second-order valence-electron chi connectivity index (χ2n) is 3.33. The molecule has 0 aliphatic heterocycles. The van der Waals surface area contributed by atoms with Gasteiger partial charge in [0.15, 0.2) is 0 Å². The minimum absolute atomic E-state index is 0.308. The van der Waals surface area contributed by atoms with E-state index in [0.717, 1.165) is 0 Å². The summed E-state index contributed by atoms with van der Waals surface area (Å²) in [7, 11) is 1.77. The van der Waals surface area contributed by atoms with Gasteiger partial charge in [-0.15, -0.1) is 0 Å². The summed E-state index contributed by atoms with van der Waals surface area (Å²) in [6.07, 6.45) is 9.35. The van der Waals surface area contributed by atoms with Crippen LogP contribution in [0.25, 0.3) is 0 Å². The van der Waals surface area contributed by atoms with Crippen LogP contribution in [0.5, 0.6) is 0 Å². The van der Waals surface area contributed by atoms with Gasteiger partial charge in [-0.3, -0.25) is 0 Å². The Morgan fingerprint density at radius 1 is 1.27 bits per heavy atom. The van der Waals surface area contributed by atoms with E-state index in [2.05, 4.69) is 13.0 Å². The lowest BCUT2D eigenvalue weighted by molar-refractivity contribution is 0.155. The van der Waals surface area contributed by atoms with Gasteiger partial charge in [-0.25, -0.2) is 0 Å². The van der Waals surface area contributed by atoms with Crippen LogP contribution in [0.3, 0.4) is 0 Å². The maximum atomic E-state index is 5.18. The lowest BCUT2D eigenvalue weighted by Gasteiger charge is -2.15. The van der Waals surface area contributed by atoms with Gasteiger partial charge in [-0.2, -0.15) is 0 Å². The number of hydrogen-bond donors (Lipinski definition) is 0. The molecule has 1 rings (SSSR count). The molecule has 0 heterocycles. The lowest BCUT2D eigenvalue weighted by atomic mass is 9.94. The van der Waals surface area contributed by atoms with Crippen LogP contribution >= 0.6 is 0 Å². The van der Waals surface area contributed by atoms with Crippen LogP contribution in [0.2, 0.25) is 0 Å². The Morgan fingerprint density at radius 2 is 1.91 bits per heavy atom. The first-order valence-electron chi connectivity index (χ1n) is 4.55. The fourth-order valence-corrected chi connectivity index (χ4v) is 1.57. The fraction of sp³-hybridized carbons (Fsp3) is 0.800. The van der Waals surface area contributed by atoms with E-state index < -0.39 is 0 Å². The van der Waals surface area contributed by atoms with Crippen molar-refractivity contribution in [3.05, 3.63) is 11.6 Å². The SMILES string of the molecule is COC(C)C=C1CCCCC1. The normalized spacial score (nSPS) is 21.5. The summed E-state index contributed by atoms with van der Waals surface area (Å²) in [5.74, 6) is 0. The molecule has 1 aliphatic rings. The van der Waals surface area contributed by atoms with Gasteiger partial charge in [-0.05, 0) is 32.6 Å². The molecule has 0 aromatic carbocycles. The standard InChI is InChI=1S/C10H18O/c1-9(11-2)8-10-6-4-3-5-7-10/h8-9H,3-7H2,1-2H3. The highest BCUT2D eigenvalue weighted by atomic mass is 16.5. The van der Waals surface area contributed by atoms with E-state index in [1.807, 2.05) is 0 Å². The number of allylic oxidation sites excluding steroid dienone is 1. The van der Waals surface area contributed by atoms with Crippen LogP contribution in [0.1, 0.15) is 39.0 Å². The van der Waals surface area contributed by atoms with Crippen molar-refractivity contribution >= 4 is 0 Å². The maximum absolute atomic E-state index is 5.18. The van der Waals surface area contributed by atoms with Crippen molar-refractivity contribution in [2.75, 3.05) is 7.11 Å². The van der Waals surface area contributed by atoms with Gasteiger partial charge in [0.1, 0.15) is 0 Å². The third-order valence-electron chi connectivity index (χ3n) is 2.34. The molecule has 0 aromatic rings. The molecule has 0 spiro atoms. The Bertz CT molecular complexity index is 130. The predicted molar refractivity (Wildman–Crippen MR) is 47.6 cm³/mol. The zero-order chi connectivity index (χ0) is 8.10. The summed E-state index contributed by atoms with van der Waals surface area (Å²) in [5.41, 5.74) is 1.60. The Labute approximate surface area is 69.4 Å². The van der Waals surface area contributed by atoms with Crippen molar-refractivity contribution in [1.29, 1.82) is 0 Å². The molecular formula is C10H18O. The van der Waals surface area contributed by atoms with Gasteiger partial charge < -0.3 is 4.74 Å². The van der Waals surface area contributed by atoms with Crippen LogP contribution in [0.4, 0.5) is 0 Å². The Balaban J connectivity index is 2.37. The highest BCUT2D eigenvalue weighted by Gasteiger charge is 2.05.